The lowest BCUT2D eigenvalue weighted by molar-refractivity contribution is -0.108. The number of nitrogen functional groups attached to an aromatic ring is 1. The Morgan fingerprint density at radius 3 is 2.56 bits per heavy atom. The Morgan fingerprint density at radius 2 is 1.93 bits per heavy atom. The number of anilines is 3. The third-order valence-electron chi connectivity index (χ3n) is 4.62. The van der Waals surface area contributed by atoms with Gasteiger partial charge < -0.3 is 20.9 Å². The number of aromatic nitrogens is 2. The van der Waals surface area contributed by atoms with Crippen LogP contribution >= 0.6 is 0 Å². The van der Waals surface area contributed by atoms with E-state index in [2.05, 4.69) is 60.5 Å². The number of benzene rings is 1. The van der Waals surface area contributed by atoms with Crippen LogP contribution in [0.2, 0.25) is 0 Å². The van der Waals surface area contributed by atoms with E-state index in [9.17, 15) is 4.79 Å². The van der Waals surface area contributed by atoms with Crippen molar-refractivity contribution in [1.82, 2.24) is 14.9 Å². The summed E-state index contributed by atoms with van der Waals surface area (Å²) in [6.45, 7) is 3.61. The van der Waals surface area contributed by atoms with Gasteiger partial charge in [-0.05, 0) is 31.6 Å². The van der Waals surface area contributed by atoms with Crippen LogP contribution in [0.5, 0.6) is 0 Å². The second kappa shape index (κ2) is 8.35. The normalized spacial score (nSPS) is 15.7. The van der Waals surface area contributed by atoms with Crippen LogP contribution in [0.4, 0.5) is 17.3 Å². The van der Waals surface area contributed by atoms with Crippen LogP contribution in [0.15, 0.2) is 24.3 Å². The van der Waals surface area contributed by atoms with Gasteiger partial charge >= 0.3 is 0 Å². The molecule has 27 heavy (non-hydrogen) atoms. The smallest absolute Gasteiger partial charge is 0.162 e. The quantitative estimate of drug-likeness (QED) is 0.692. The van der Waals surface area contributed by atoms with Crippen LogP contribution in [-0.4, -0.2) is 41.4 Å². The van der Waals surface area contributed by atoms with E-state index < -0.39 is 6.17 Å². The molecule has 1 aliphatic rings. The maximum absolute atomic E-state index is 11.6. The van der Waals surface area contributed by atoms with Crippen LogP contribution in [0, 0.1) is 0 Å². The van der Waals surface area contributed by atoms with Crippen LogP contribution in [0.1, 0.15) is 36.7 Å². The summed E-state index contributed by atoms with van der Waals surface area (Å²) in [7, 11) is 4.10. The molecule has 0 spiro atoms. The molecule has 0 aliphatic carbocycles. The Bertz CT molecular complexity index is 790. The van der Waals surface area contributed by atoms with Crippen LogP contribution in [0.3, 0.4) is 0 Å². The fourth-order valence-corrected chi connectivity index (χ4v) is 3.26. The molecule has 0 radical (unpaired) electrons. The molecular weight excluding hydrogens is 340 g/mol. The molecule has 2 aromatic rings. The summed E-state index contributed by atoms with van der Waals surface area (Å²) in [5.41, 5.74) is 9.14. The van der Waals surface area contributed by atoms with Gasteiger partial charge in [-0.25, -0.2) is 9.97 Å². The van der Waals surface area contributed by atoms with Gasteiger partial charge in [0.2, 0.25) is 0 Å². The van der Waals surface area contributed by atoms with Gasteiger partial charge in [0.1, 0.15) is 11.5 Å². The van der Waals surface area contributed by atoms with Crippen molar-refractivity contribution >= 4 is 23.6 Å². The van der Waals surface area contributed by atoms with Crippen molar-refractivity contribution in [2.45, 2.75) is 45.4 Å². The lowest BCUT2D eigenvalue weighted by Crippen LogP contribution is -2.36. The second-order valence-electron chi connectivity index (χ2n) is 7.23. The number of rotatable bonds is 8. The zero-order chi connectivity index (χ0) is 19.4. The maximum Gasteiger partial charge on any atom is 0.162 e. The molecule has 1 aromatic carbocycles. The molecule has 1 atom stereocenters. The molecule has 0 saturated carbocycles. The van der Waals surface area contributed by atoms with Gasteiger partial charge in [0, 0.05) is 19.5 Å². The number of hydrogen-bond acceptors (Lipinski definition) is 7. The van der Waals surface area contributed by atoms with Crippen LogP contribution in [0.25, 0.3) is 0 Å². The summed E-state index contributed by atoms with van der Waals surface area (Å²) in [5.74, 6) is 1.85. The number of nitrogens with zero attached hydrogens (tertiary/aromatic N) is 4. The minimum absolute atomic E-state index is 0.404. The third kappa shape index (κ3) is 4.36. The molecule has 1 unspecified atom stereocenters. The monoisotopic (exact) mass is 368 g/mol. The van der Waals surface area contributed by atoms with Gasteiger partial charge in [0.15, 0.2) is 24.1 Å². The lowest BCUT2D eigenvalue weighted by atomic mass is 10.1. The van der Waals surface area contributed by atoms with E-state index in [-0.39, 0.29) is 0 Å². The highest BCUT2D eigenvalue weighted by Gasteiger charge is 2.32. The first-order valence-electron chi connectivity index (χ1n) is 9.39. The van der Waals surface area contributed by atoms with Gasteiger partial charge in [0.05, 0.1) is 0 Å². The van der Waals surface area contributed by atoms with Crippen molar-refractivity contribution in [1.29, 1.82) is 0 Å². The summed E-state index contributed by atoms with van der Waals surface area (Å²) in [4.78, 5) is 24.8. The molecule has 3 N–H and O–H groups in total. The Kier molecular flexibility index (Phi) is 5.91. The number of aryl methyl sites for hydroxylation is 1. The Labute approximate surface area is 160 Å². The number of aldehydes is 1. The van der Waals surface area contributed by atoms with Gasteiger partial charge in [-0.2, -0.15) is 0 Å². The molecule has 144 valence electrons. The maximum atomic E-state index is 11.6. The molecule has 0 amide bonds. The van der Waals surface area contributed by atoms with Crippen molar-refractivity contribution in [3.8, 4) is 0 Å². The fourth-order valence-electron chi connectivity index (χ4n) is 3.26. The number of nitrogens with one attached hydrogen (secondary N) is 1. The molecular formula is C20H28N6O. The van der Waals surface area contributed by atoms with Crippen molar-refractivity contribution in [3.05, 3.63) is 41.2 Å². The highest BCUT2D eigenvalue weighted by molar-refractivity contribution is 5.87. The number of nitrogens with two attached hydrogens (primary N) is 1. The first kappa shape index (κ1) is 19.1. The molecule has 2 heterocycles. The van der Waals surface area contributed by atoms with Crippen molar-refractivity contribution in [3.63, 3.8) is 0 Å². The number of carbonyl (C=O) groups is 1. The minimum atomic E-state index is -0.487. The van der Waals surface area contributed by atoms with Crippen molar-refractivity contribution in [2.75, 3.05) is 30.0 Å². The zero-order valence-electron chi connectivity index (χ0n) is 16.3. The average Bonchev–Trinajstić information content (AvgIpc) is 2.99. The largest absolute Gasteiger partial charge is 0.382 e. The number of fused-ring (bicyclic) bond motifs is 1. The number of hydrogen-bond donors (Lipinski definition) is 2. The summed E-state index contributed by atoms with van der Waals surface area (Å²) in [6, 6.07) is 8.44. The molecule has 0 saturated heterocycles. The lowest BCUT2D eigenvalue weighted by Gasteiger charge is -2.22. The first-order chi connectivity index (χ1) is 13.0. The molecule has 1 aliphatic heterocycles. The topological polar surface area (TPSA) is 87.4 Å². The zero-order valence-corrected chi connectivity index (χ0v) is 16.3. The minimum Gasteiger partial charge on any atom is -0.382 e. The van der Waals surface area contributed by atoms with E-state index in [0.717, 1.165) is 43.5 Å². The summed E-state index contributed by atoms with van der Waals surface area (Å²) in [6.07, 6.45) is 3.26. The predicted molar refractivity (Wildman–Crippen MR) is 109 cm³/mol. The molecule has 7 heteroatoms. The first-order valence-corrected chi connectivity index (χ1v) is 9.39. The number of unbranched alkanes of at least 4 members (excludes halogenated alkanes) is 1. The van der Waals surface area contributed by atoms with E-state index in [1.54, 1.807) is 0 Å². The van der Waals surface area contributed by atoms with Crippen LogP contribution in [-0.2, 0) is 24.3 Å². The molecule has 0 bridgehead atoms. The summed E-state index contributed by atoms with van der Waals surface area (Å²) >= 11 is 0. The third-order valence-corrected chi connectivity index (χ3v) is 4.62. The van der Waals surface area contributed by atoms with Gasteiger partial charge in [-0.1, -0.05) is 37.6 Å². The Hall–Kier alpha value is -2.67. The average molecular weight is 368 g/mol. The van der Waals surface area contributed by atoms with E-state index in [4.69, 9.17) is 10.7 Å². The van der Waals surface area contributed by atoms with Crippen molar-refractivity contribution < 1.29 is 4.79 Å². The van der Waals surface area contributed by atoms with Gasteiger partial charge in [0.25, 0.3) is 0 Å². The number of carbonyl (C=O) groups excluding carboxylic acids is 1. The fraction of sp³-hybridized carbons (Fsp3) is 0.450. The van der Waals surface area contributed by atoms with Gasteiger partial charge in [-0.15, -0.1) is 0 Å². The SMILES string of the molecule is CCCCc1nc(N)c2c(n1)N(Cc1ccc(CN(C)C)cc1)C(C=O)N2. The van der Waals surface area contributed by atoms with Crippen molar-refractivity contribution in [2.24, 2.45) is 0 Å². The standard InChI is InChI=1S/C20H28N6O/c1-4-5-6-16-22-19(21)18-20(23-16)26(17(13-27)24-18)12-15-9-7-14(8-10-15)11-25(2)3/h7-10,13,17,24H,4-6,11-12H2,1-3H3,(H2,21,22,23). The summed E-state index contributed by atoms with van der Waals surface area (Å²) in [5, 5.41) is 3.14. The van der Waals surface area contributed by atoms with E-state index in [1.165, 1.54) is 5.56 Å². The second-order valence-corrected chi connectivity index (χ2v) is 7.23. The molecule has 1 aromatic heterocycles. The summed E-state index contributed by atoms with van der Waals surface area (Å²) < 4.78 is 0. The predicted octanol–water partition coefficient (Wildman–Crippen LogP) is 2.42. The molecule has 0 fully saturated rings. The Balaban J connectivity index is 1.84. The highest BCUT2D eigenvalue weighted by atomic mass is 16.1. The molecule has 3 rings (SSSR count). The molecule has 7 nitrogen and oxygen atoms in total. The van der Waals surface area contributed by atoms with E-state index >= 15 is 0 Å². The van der Waals surface area contributed by atoms with E-state index in [1.807, 2.05) is 4.90 Å². The Morgan fingerprint density at radius 1 is 1.22 bits per heavy atom. The van der Waals surface area contributed by atoms with Crippen LogP contribution < -0.4 is 16.0 Å². The van der Waals surface area contributed by atoms with E-state index in [0.29, 0.717) is 23.9 Å². The van der Waals surface area contributed by atoms with Gasteiger partial charge in [-0.3, -0.25) is 4.79 Å². The highest BCUT2D eigenvalue weighted by Crippen LogP contribution is 2.37.